The highest BCUT2D eigenvalue weighted by Crippen LogP contribution is 2.67. The fourth-order valence-corrected chi connectivity index (χ4v) is 15.5. The number of aryl methyl sites for hydroxylation is 1. The van der Waals surface area contributed by atoms with Gasteiger partial charge in [0.1, 0.15) is 0 Å². The van der Waals surface area contributed by atoms with Crippen LogP contribution < -0.4 is 31.1 Å². The van der Waals surface area contributed by atoms with Gasteiger partial charge >= 0.3 is 0 Å². The first-order chi connectivity index (χ1) is 33.7. The highest BCUT2D eigenvalue weighted by Gasteiger charge is 2.65. The Kier molecular flexibility index (Phi) is 9.22. The predicted octanol–water partition coefficient (Wildman–Crippen LogP) is 15.2. The van der Waals surface area contributed by atoms with Crippen LogP contribution in [0.2, 0.25) is 0 Å². The van der Waals surface area contributed by atoms with Gasteiger partial charge < -0.3 is 14.7 Å². The lowest BCUT2D eigenvalue weighted by Gasteiger charge is -2.55. The summed E-state index contributed by atoms with van der Waals surface area (Å²) in [5.74, 6) is 0. The Morgan fingerprint density at radius 3 is 1.80 bits per heavy atom. The summed E-state index contributed by atoms with van der Waals surface area (Å²) in [6.07, 6.45) is 6.84. The van der Waals surface area contributed by atoms with E-state index in [0.717, 1.165) is 25.7 Å². The second-order valence-electron chi connectivity index (χ2n) is 26.2. The van der Waals surface area contributed by atoms with Gasteiger partial charge in [-0.15, -0.1) is 0 Å². The Morgan fingerprint density at radius 1 is 0.465 bits per heavy atom. The summed E-state index contributed by atoms with van der Waals surface area (Å²) in [5, 5.41) is 0. The van der Waals surface area contributed by atoms with Gasteiger partial charge in [-0.1, -0.05) is 191 Å². The fourth-order valence-electron chi connectivity index (χ4n) is 15.5. The van der Waals surface area contributed by atoms with Crippen LogP contribution in [0.3, 0.4) is 0 Å². The van der Waals surface area contributed by atoms with Crippen molar-refractivity contribution >= 4 is 62.9 Å². The van der Waals surface area contributed by atoms with E-state index in [4.69, 9.17) is 0 Å². The van der Waals surface area contributed by atoms with Gasteiger partial charge in [-0.05, 0) is 153 Å². The topological polar surface area (TPSA) is 9.72 Å². The van der Waals surface area contributed by atoms with Crippen LogP contribution in [-0.4, -0.2) is 12.3 Å². The van der Waals surface area contributed by atoms with Gasteiger partial charge in [0, 0.05) is 50.6 Å². The van der Waals surface area contributed by atoms with Crippen molar-refractivity contribution in [1.29, 1.82) is 0 Å². The highest BCUT2D eigenvalue weighted by molar-refractivity contribution is 7.00. The van der Waals surface area contributed by atoms with Crippen molar-refractivity contribution < 1.29 is 0 Å². The first-order valence-electron chi connectivity index (χ1n) is 27.0. The molecule has 2 aliphatic carbocycles. The Hall–Kier alpha value is -6.00. The number of para-hydroxylation sites is 1. The molecule has 0 aromatic heterocycles. The standard InChI is InChI=1S/C67H72BN3/c1-61(2,3)44-28-31-48(32-29-44)69-56-33-30-46(62(4,5)6)39-53(56)68-54-40-47(63(7,8)9)38-52-60(54)71(65(11)35-20-21-36-67(52,65)45-23-14-13-15-24-45)58-42-49(41-57(69)59(58)68)70-55-27-19-18-26-51(55)64(10)37-34-43-22-16-17-25-50(43)66(64,70)12/h13-19,22-33,38-42H,20-21,34-37H2,1-12H3. The van der Waals surface area contributed by atoms with Crippen LogP contribution >= 0.6 is 0 Å². The van der Waals surface area contributed by atoms with E-state index in [-0.39, 0.29) is 44.9 Å². The molecule has 0 N–H and O–H groups in total. The SMILES string of the molecule is CC(C)(C)c1ccc(N2c3ccc(C(C)(C)C)cc3B3c4cc(C(C)(C)C)cc5c4N(c4cc(N6c7ccccc7C7(C)CCc8ccccc8C67C)cc2c43)C2(C)CCCCC52c2ccccc2)cc1. The molecule has 0 spiro atoms. The average Bonchev–Trinajstić information content (AvgIpc) is 3.72. The zero-order valence-corrected chi connectivity index (χ0v) is 44.5. The van der Waals surface area contributed by atoms with Crippen LogP contribution in [0.5, 0.6) is 0 Å². The lowest BCUT2D eigenvalue weighted by Crippen LogP contribution is -2.65. The van der Waals surface area contributed by atoms with Gasteiger partial charge in [-0.25, -0.2) is 0 Å². The zero-order valence-electron chi connectivity index (χ0n) is 44.5. The zero-order chi connectivity index (χ0) is 49.4. The normalized spacial score (nSPS) is 24.7. The number of benzene rings is 7. The third-order valence-electron chi connectivity index (χ3n) is 19.4. The third kappa shape index (κ3) is 5.80. The van der Waals surface area contributed by atoms with Crippen LogP contribution in [0, 0.1) is 0 Å². The largest absolute Gasteiger partial charge is 0.335 e. The van der Waals surface area contributed by atoms with E-state index in [0.29, 0.717) is 0 Å². The quantitative estimate of drug-likeness (QED) is 0.164. The lowest BCUT2D eigenvalue weighted by molar-refractivity contribution is 0.215. The van der Waals surface area contributed by atoms with E-state index in [9.17, 15) is 0 Å². The maximum atomic E-state index is 2.97. The van der Waals surface area contributed by atoms with E-state index >= 15 is 0 Å². The van der Waals surface area contributed by atoms with Crippen molar-refractivity contribution in [1.82, 2.24) is 0 Å². The van der Waals surface area contributed by atoms with Gasteiger partial charge in [0.2, 0.25) is 0 Å². The summed E-state index contributed by atoms with van der Waals surface area (Å²) in [5.41, 5.74) is 24.2. The summed E-state index contributed by atoms with van der Waals surface area (Å²) in [6.45, 7) is 29.3. The molecule has 4 unspecified atom stereocenters. The molecule has 13 rings (SSSR count). The minimum atomic E-state index is -0.341. The molecule has 4 heteroatoms. The molecule has 358 valence electrons. The Labute approximate surface area is 425 Å². The van der Waals surface area contributed by atoms with Gasteiger partial charge in [-0.3, -0.25) is 0 Å². The van der Waals surface area contributed by atoms with Gasteiger partial charge in [0.15, 0.2) is 0 Å². The summed E-state index contributed by atoms with van der Waals surface area (Å²) in [7, 11) is 0. The molecule has 4 atom stereocenters. The van der Waals surface area contributed by atoms with Crippen LogP contribution in [0.4, 0.5) is 39.8 Å². The van der Waals surface area contributed by atoms with E-state index in [1.54, 1.807) is 0 Å². The molecule has 71 heavy (non-hydrogen) atoms. The molecule has 6 aliphatic rings. The van der Waals surface area contributed by atoms with E-state index in [1.165, 1.54) is 114 Å². The Balaban J connectivity index is 1.20. The summed E-state index contributed by atoms with van der Waals surface area (Å²) in [4.78, 5) is 8.45. The number of fused-ring (bicyclic) bond motifs is 12. The van der Waals surface area contributed by atoms with Gasteiger partial charge in [0.05, 0.1) is 11.1 Å². The van der Waals surface area contributed by atoms with E-state index < -0.39 is 0 Å². The average molecular weight is 930 g/mol. The van der Waals surface area contributed by atoms with E-state index in [2.05, 4.69) is 243 Å². The van der Waals surface area contributed by atoms with Crippen LogP contribution in [0.25, 0.3) is 0 Å². The van der Waals surface area contributed by atoms with Crippen molar-refractivity contribution in [3.8, 4) is 0 Å². The maximum absolute atomic E-state index is 2.97. The number of anilines is 7. The monoisotopic (exact) mass is 930 g/mol. The predicted molar refractivity (Wildman–Crippen MR) is 303 cm³/mol. The summed E-state index contributed by atoms with van der Waals surface area (Å²) < 4.78 is 0. The summed E-state index contributed by atoms with van der Waals surface area (Å²) in [6, 6.07) is 58.4. The number of nitrogens with zero attached hydrogens (tertiary/aromatic N) is 3. The number of hydrogen-bond donors (Lipinski definition) is 0. The highest BCUT2D eigenvalue weighted by atomic mass is 15.3. The molecule has 4 aliphatic heterocycles. The third-order valence-corrected chi connectivity index (χ3v) is 19.4. The Morgan fingerprint density at radius 2 is 1.08 bits per heavy atom. The molecular formula is C67H72BN3. The smallest absolute Gasteiger partial charge is 0.252 e. The van der Waals surface area contributed by atoms with Crippen molar-refractivity contribution in [2.45, 2.75) is 160 Å². The van der Waals surface area contributed by atoms with Crippen molar-refractivity contribution in [3.05, 3.63) is 190 Å². The lowest BCUT2D eigenvalue weighted by atomic mass is 9.33. The van der Waals surface area contributed by atoms with Crippen LogP contribution in [-0.2, 0) is 39.0 Å². The van der Waals surface area contributed by atoms with Gasteiger partial charge in [0.25, 0.3) is 6.71 Å². The first-order valence-corrected chi connectivity index (χ1v) is 27.0. The first kappa shape index (κ1) is 44.9. The molecule has 3 nitrogen and oxygen atoms in total. The van der Waals surface area contributed by atoms with E-state index in [1.807, 2.05) is 0 Å². The fraction of sp³-hybridized carbons (Fsp3) is 0.373. The molecule has 0 saturated heterocycles. The summed E-state index contributed by atoms with van der Waals surface area (Å²) >= 11 is 0. The number of rotatable bonds is 3. The molecule has 0 bridgehead atoms. The molecule has 1 saturated carbocycles. The molecule has 4 heterocycles. The van der Waals surface area contributed by atoms with Crippen LogP contribution in [0.15, 0.2) is 146 Å². The van der Waals surface area contributed by atoms with Crippen molar-refractivity contribution in [2.75, 3.05) is 14.7 Å². The second kappa shape index (κ2) is 14.6. The van der Waals surface area contributed by atoms with Crippen LogP contribution in [0.1, 0.15) is 160 Å². The molecular weight excluding hydrogens is 858 g/mol. The minimum Gasteiger partial charge on any atom is -0.335 e. The molecule has 7 aromatic carbocycles. The molecule has 0 amide bonds. The second-order valence-corrected chi connectivity index (χ2v) is 26.2. The minimum absolute atomic E-state index is 0.0294. The maximum Gasteiger partial charge on any atom is 0.252 e. The van der Waals surface area contributed by atoms with Gasteiger partial charge in [-0.2, -0.15) is 0 Å². The number of hydrogen-bond acceptors (Lipinski definition) is 3. The van der Waals surface area contributed by atoms with Crippen molar-refractivity contribution in [2.24, 2.45) is 0 Å². The Bertz CT molecular complexity index is 3350. The molecule has 0 radical (unpaired) electrons. The molecule has 1 fully saturated rings. The molecule has 7 aromatic rings. The van der Waals surface area contributed by atoms with Crippen molar-refractivity contribution in [3.63, 3.8) is 0 Å².